The van der Waals surface area contributed by atoms with Gasteiger partial charge in [0.2, 0.25) is 5.95 Å². The topological polar surface area (TPSA) is 73.1 Å². The maximum absolute atomic E-state index is 5.85. The lowest BCUT2D eigenvalue weighted by Crippen LogP contribution is -2.24. The molecule has 0 spiro atoms. The fourth-order valence-corrected chi connectivity index (χ4v) is 2.27. The van der Waals surface area contributed by atoms with Crippen molar-refractivity contribution in [1.82, 2.24) is 9.97 Å². The third kappa shape index (κ3) is 2.59. The number of para-hydroxylation sites is 1. The van der Waals surface area contributed by atoms with Crippen molar-refractivity contribution in [3.05, 3.63) is 41.6 Å². The minimum Gasteiger partial charge on any atom is -0.488 e. The molecule has 1 aliphatic heterocycles. The monoisotopic (exact) mass is 256 g/mol. The second-order valence-electron chi connectivity index (χ2n) is 4.69. The summed E-state index contributed by atoms with van der Waals surface area (Å²) in [5, 5.41) is 3.25. The highest BCUT2D eigenvalue weighted by molar-refractivity contribution is 5.41. The zero-order valence-electron chi connectivity index (χ0n) is 10.8. The third-order valence-electron chi connectivity index (χ3n) is 3.10. The molecule has 0 radical (unpaired) electrons. The van der Waals surface area contributed by atoms with Crippen molar-refractivity contribution in [3.63, 3.8) is 0 Å². The summed E-state index contributed by atoms with van der Waals surface area (Å²) >= 11 is 0. The van der Waals surface area contributed by atoms with Gasteiger partial charge in [0.15, 0.2) is 0 Å². The number of nitrogens with two attached hydrogens (primary N) is 1. The van der Waals surface area contributed by atoms with Gasteiger partial charge >= 0.3 is 0 Å². The first-order chi connectivity index (χ1) is 9.20. The van der Waals surface area contributed by atoms with E-state index >= 15 is 0 Å². The van der Waals surface area contributed by atoms with E-state index in [1.807, 2.05) is 31.2 Å². The number of anilines is 2. The summed E-state index contributed by atoms with van der Waals surface area (Å²) in [5.41, 5.74) is 7.73. The van der Waals surface area contributed by atoms with Crippen LogP contribution in [-0.2, 0) is 6.42 Å². The molecule has 0 amide bonds. The van der Waals surface area contributed by atoms with Gasteiger partial charge in [-0.05, 0) is 18.6 Å². The average Bonchev–Trinajstić information content (AvgIpc) is 2.78. The molecule has 0 fully saturated rings. The summed E-state index contributed by atoms with van der Waals surface area (Å²) < 4.78 is 5.85. The number of hydrogen-bond acceptors (Lipinski definition) is 5. The summed E-state index contributed by atoms with van der Waals surface area (Å²) in [6.45, 7) is 2.59. The summed E-state index contributed by atoms with van der Waals surface area (Å²) in [6, 6.07) is 10.00. The standard InChI is InChI=1S/C14H16N4O/c1-9-6-13(18-14(15)17-9)16-8-11-7-10-4-2-3-5-12(10)19-11/h2-6,11H,7-8H2,1H3,(H3,15,16,17,18). The maximum Gasteiger partial charge on any atom is 0.222 e. The predicted octanol–water partition coefficient (Wildman–Crippen LogP) is 1.78. The van der Waals surface area contributed by atoms with Gasteiger partial charge in [-0.15, -0.1) is 0 Å². The first-order valence-corrected chi connectivity index (χ1v) is 6.30. The first-order valence-electron chi connectivity index (χ1n) is 6.30. The number of aromatic nitrogens is 2. The molecule has 1 aromatic carbocycles. The van der Waals surface area contributed by atoms with E-state index in [4.69, 9.17) is 10.5 Å². The van der Waals surface area contributed by atoms with E-state index in [-0.39, 0.29) is 12.1 Å². The van der Waals surface area contributed by atoms with Gasteiger partial charge in [0, 0.05) is 18.2 Å². The van der Waals surface area contributed by atoms with Crippen LogP contribution in [0.3, 0.4) is 0 Å². The molecule has 5 heteroatoms. The number of ether oxygens (including phenoxy) is 1. The third-order valence-corrected chi connectivity index (χ3v) is 3.10. The predicted molar refractivity (Wildman–Crippen MR) is 74.2 cm³/mol. The molecule has 1 unspecified atom stereocenters. The first kappa shape index (κ1) is 11.8. The summed E-state index contributed by atoms with van der Waals surface area (Å²) in [7, 11) is 0. The molecule has 2 aromatic rings. The van der Waals surface area contributed by atoms with Crippen LogP contribution in [-0.4, -0.2) is 22.6 Å². The molecule has 1 aromatic heterocycles. The van der Waals surface area contributed by atoms with Gasteiger partial charge in [0.05, 0.1) is 6.54 Å². The molecule has 1 aliphatic rings. The fraction of sp³-hybridized carbons (Fsp3) is 0.286. The maximum atomic E-state index is 5.85. The molecular formula is C14H16N4O. The van der Waals surface area contributed by atoms with Crippen LogP contribution < -0.4 is 15.8 Å². The van der Waals surface area contributed by atoms with E-state index in [9.17, 15) is 0 Å². The SMILES string of the molecule is Cc1cc(NCC2Cc3ccccc3O2)nc(N)n1. The minimum absolute atomic E-state index is 0.133. The van der Waals surface area contributed by atoms with Crippen LogP contribution in [0, 0.1) is 6.92 Å². The lowest BCUT2D eigenvalue weighted by molar-refractivity contribution is 0.246. The number of fused-ring (bicyclic) bond motifs is 1. The van der Waals surface area contributed by atoms with Crippen LogP contribution >= 0.6 is 0 Å². The van der Waals surface area contributed by atoms with Crippen LogP contribution in [0.5, 0.6) is 5.75 Å². The van der Waals surface area contributed by atoms with Gasteiger partial charge in [-0.1, -0.05) is 18.2 Å². The molecule has 5 nitrogen and oxygen atoms in total. The number of aryl methyl sites for hydroxylation is 1. The second kappa shape index (κ2) is 4.76. The Morgan fingerprint density at radius 1 is 1.37 bits per heavy atom. The summed E-state index contributed by atoms with van der Waals surface area (Å²) in [6.07, 6.45) is 1.05. The summed E-state index contributed by atoms with van der Waals surface area (Å²) in [5.74, 6) is 2.01. The second-order valence-corrected chi connectivity index (χ2v) is 4.69. The van der Waals surface area contributed by atoms with Gasteiger partial charge in [0.25, 0.3) is 0 Å². The van der Waals surface area contributed by atoms with E-state index in [0.29, 0.717) is 6.54 Å². The Kier molecular flexibility index (Phi) is 2.95. The van der Waals surface area contributed by atoms with Crippen molar-refractivity contribution < 1.29 is 4.74 Å². The normalized spacial score (nSPS) is 16.8. The molecular weight excluding hydrogens is 240 g/mol. The van der Waals surface area contributed by atoms with Crippen molar-refractivity contribution in [2.45, 2.75) is 19.4 Å². The zero-order chi connectivity index (χ0) is 13.2. The van der Waals surface area contributed by atoms with Crippen molar-refractivity contribution >= 4 is 11.8 Å². The van der Waals surface area contributed by atoms with E-state index in [2.05, 4.69) is 21.4 Å². The molecule has 0 saturated heterocycles. The molecule has 2 heterocycles. The molecule has 98 valence electrons. The zero-order valence-corrected chi connectivity index (χ0v) is 10.8. The van der Waals surface area contributed by atoms with E-state index in [1.54, 1.807) is 0 Å². The number of nitrogen functional groups attached to an aromatic ring is 1. The van der Waals surface area contributed by atoms with Gasteiger partial charge in [-0.25, -0.2) is 4.98 Å². The molecule has 0 aliphatic carbocycles. The highest BCUT2D eigenvalue weighted by atomic mass is 16.5. The molecule has 0 saturated carbocycles. The number of rotatable bonds is 3. The van der Waals surface area contributed by atoms with Gasteiger partial charge in [-0.2, -0.15) is 4.98 Å². The molecule has 3 rings (SSSR count). The highest BCUT2D eigenvalue weighted by Gasteiger charge is 2.21. The van der Waals surface area contributed by atoms with Crippen molar-refractivity contribution in [1.29, 1.82) is 0 Å². The van der Waals surface area contributed by atoms with Crippen LogP contribution in [0.1, 0.15) is 11.3 Å². The molecule has 0 bridgehead atoms. The number of hydrogen-bond donors (Lipinski definition) is 2. The largest absolute Gasteiger partial charge is 0.488 e. The quantitative estimate of drug-likeness (QED) is 0.875. The van der Waals surface area contributed by atoms with Crippen LogP contribution in [0.4, 0.5) is 11.8 Å². The van der Waals surface area contributed by atoms with Crippen LogP contribution in [0.25, 0.3) is 0 Å². The van der Waals surface area contributed by atoms with Gasteiger partial charge in [0.1, 0.15) is 17.7 Å². The Bertz CT molecular complexity index is 554. The van der Waals surface area contributed by atoms with Crippen molar-refractivity contribution in [3.8, 4) is 5.75 Å². The number of benzene rings is 1. The van der Waals surface area contributed by atoms with Crippen LogP contribution in [0.2, 0.25) is 0 Å². The summed E-state index contributed by atoms with van der Waals surface area (Å²) in [4.78, 5) is 8.19. The van der Waals surface area contributed by atoms with Crippen LogP contribution in [0.15, 0.2) is 30.3 Å². The number of nitrogens with zero attached hydrogens (tertiary/aromatic N) is 2. The van der Waals surface area contributed by atoms with E-state index in [0.717, 1.165) is 23.7 Å². The van der Waals surface area contributed by atoms with E-state index < -0.39 is 0 Å². The van der Waals surface area contributed by atoms with Gasteiger partial charge in [-0.3, -0.25) is 0 Å². The Labute approximate surface area is 111 Å². The lowest BCUT2D eigenvalue weighted by Gasteiger charge is -2.12. The lowest BCUT2D eigenvalue weighted by atomic mass is 10.1. The average molecular weight is 256 g/mol. The Balaban J connectivity index is 1.62. The Hall–Kier alpha value is -2.30. The van der Waals surface area contributed by atoms with Gasteiger partial charge < -0.3 is 15.8 Å². The van der Waals surface area contributed by atoms with E-state index in [1.165, 1.54) is 5.56 Å². The number of nitrogens with one attached hydrogen (secondary N) is 1. The minimum atomic E-state index is 0.133. The Morgan fingerprint density at radius 2 is 2.21 bits per heavy atom. The molecule has 19 heavy (non-hydrogen) atoms. The highest BCUT2D eigenvalue weighted by Crippen LogP contribution is 2.28. The molecule has 3 N–H and O–H groups in total. The Morgan fingerprint density at radius 3 is 3.00 bits per heavy atom. The van der Waals surface area contributed by atoms with Crippen molar-refractivity contribution in [2.75, 3.05) is 17.6 Å². The fourth-order valence-electron chi connectivity index (χ4n) is 2.27. The molecule has 1 atom stereocenters. The van der Waals surface area contributed by atoms with Crippen molar-refractivity contribution in [2.24, 2.45) is 0 Å². The smallest absolute Gasteiger partial charge is 0.222 e.